The number of para-hydroxylation sites is 1. The number of benzene rings is 1. The van der Waals surface area contributed by atoms with E-state index in [1.165, 1.54) is 5.56 Å². The molecule has 0 aliphatic rings. The van der Waals surface area contributed by atoms with E-state index >= 15 is 0 Å². The molecule has 2 aromatic rings. The molecule has 1 aromatic heterocycles. The van der Waals surface area contributed by atoms with E-state index in [4.69, 9.17) is 4.74 Å². The lowest BCUT2D eigenvalue weighted by atomic mass is 10.0. The summed E-state index contributed by atoms with van der Waals surface area (Å²) in [6.45, 7) is 10.6. The van der Waals surface area contributed by atoms with Crippen molar-refractivity contribution in [1.82, 2.24) is 14.9 Å². The minimum atomic E-state index is -0.550. The molecule has 0 saturated heterocycles. The van der Waals surface area contributed by atoms with Crippen LogP contribution in [0.5, 0.6) is 5.75 Å². The Morgan fingerprint density at radius 1 is 1.16 bits per heavy atom. The van der Waals surface area contributed by atoms with Crippen LogP contribution in [-0.2, 0) is 6.54 Å². The van der Waals surface area contributed by atoms with Crippen LogP contribution in [0.3, 0.4) is 0 Å². The van der Waals surface area contributed by atoms with Crippen molar-refractivity contribution in [1.29, 1.82) is 0 Å². The number of aliphatic hydroxyl groups is 1. The van der Waals surface area contributed by atoms with E-state index in [1.807, 2.05) is 37.5 Å². The van der Waals surface area contributed by atoms with Gasteiger partial charge in [-0.25, -0.2) is 9.97 Å². The molecule has 0 aliphatic heterocycles. The highest BCUT2D eigenvalue weighted by Crippen LogP contribution is 2.25. The molecule has 2 rings (SSSR count). The third-order valence-corrected chi connectivity index (χ3v) is 4.13. The number of aliphatic hydroxyl groups excluding tert-OH is 1. The molecule has 1 N–H and O–H groups in total. The molecule has 0 aliphatic carbocycles. The molecule has 1 atom stereocenters. The van der Waals surface area contributed by atoms with Crippen molar-refractivity contribution in [2.75, 3.05) is 19.7 Å². The van der Waals surface area contributed by atoms with Gasteiger partial charge in [-0.2, -0.15) is 0 Å². The van der Waals surface area contributed by atoms with Crippen molar-refractivity contribution in [2.45, 2.75) is 46.3 Å². The van der Waals surface area contributed by atoms with Gasteiger partial charge in [0.25, 0.3) is 0 Å². The standard InChI is InChI=1S/C20H29N3O2/c1-5-23(12-17-10-21-16(4)22-11-17)13-18(24)14-25-20-9-7-6-8-19(20)15(2)3/h6-11,15,18,24H,5,12-14H2,1-4H3. The lowest BCUT2D eigenvalue weighted by Crippen LogP contribution is -2.35. The van der Waals surface area contributed by atoms with Crippen LogP contribution in [0, 0.1) is 6.92 Å². The van der Waals surface area contributed by atoms with E-state index in [0.717, 1.165) is 30.2 Å². The summed E-state index contributed by atoms with van der Waals surface area (Å²) in [5, 5.41) is 10.4. The molecule has 136 valence electrons. The Labute approximate surface area is 150 Å². The average molecular weight is 343 g/mol. The summed E-state index contributed by atoms with van der Waals surface area (Å²) in [6, 6.07) is 8.01. The normalized spacial score (nSPS) is 12.6. The number of nitrogens with zero attached hydrogens (tertiary/aromatic N) is 3. The monoisotopic (exact) mass is 343 g/mol. The largest absolute Gasteiger partial charge is 0.491 e. The molecule has 0 saturated carbocycles. The summed E-state index contributed by atoms with van der Waals surface area (Å²) in [6.07, 6.45) is 3.13. The number of aromatic nitrogens is 2. The second kappa shape index (κ2) is 9.49. The topological polar surface area (TPSA) is 58.5 Å². The summed E-state index contributed by atoms with van der Waals surface area (Å²) < 4.78 is 5.87. The Balaban J connectivity index is 1.87. The van der Waals surface area contributed by atoms with Gasteiger partial charge in [0.2, 0.25) is 0 Å². The van der Waals surface area contributed by atoms with E-state index in [-0.39, 0.29) is 6.61 Å². The quantitative estimate of drug-likeness (QED) is 0.758. The minimum Gasteiger partial charge on any atom is -0.491 e. The van der Waals surface area contributed by atoms with Crippen molar-refractivity contribution in [3.63, 3.8) is 0 Å². The van der Waals surface area contributed by atoms with E-state index in [0.29, 0.717) is 12.5 Å². The lowest BCUT2D eigenvalue weighted by Gasteiger charge is -2.24. The van der Waals surface area contributed by atoms with Crippen molar-refractivity contribution in [3.8, 4) is 5.75 Å². The Morgan fingerprint density at radius 2 is 1.84 bits per heavy atom. The van der Waals surface area contributed by atoms with Crippen LogP contribution in [0.2, 0.25) is 0 Å². The van der Waals surface area contributed by atoms with E-state index in [2.05, 4.69) is 41.7 Å². The van der Waals surface area contributed by atoms with Gasteiger partial charge in [0.05, 0.1) is 0 Å². The van der Waals surface area contributed by atoms with Gasteiger partial charge >= 0.3 is 0 Å². The first-order valence-electron chi connectivity index (χ1n) is 8.89. The Hall–Kier alpha value is -1.98. The molecule has 25 heavy (non-hydrogen) atoms. The van der Waals surface area contributed by atoms with Gasteiger partial charge < -0.3 is 9.84 Å². The van der Waals surface area contributed by atoms with E-state index < -0.39 is 6.10 Å². The highest BCUT2D eigenvalue weighted by Gasteiger charge is 2.14. The van der Waals surface area contributed by atoms with Gasteiger partial charge in [-0.15, -0.1) is 0 Å². The molecule has 0 bridgehead atoms. The molecule has 0 spiro atoms. The number of ether oxygens (including phenoxy) is 1. The summed E-state index contributed by atoms with van der Waals surface area (Å²) in [4.78, 5) is 10.6. The second-order valence-corrected chi connectivity index (χ2v) is 6.62. The maximum atomic E-state index is 10.4. The maximum absolute atomic E-state index is 10.4. The Morgan fingerprint density at radius 3 is 2.48 bits per heavy atom. The van der Waals surface area contributed by atoms with Crippen LogP contribution in [0.25, 0.3) is 0 Å². The van der Waals surface area contributed by atoms with Gasteiger partial charge in [-0.05, 0) is 31.0 Å². The first-order valence-corrected chi connectivity index (χ1v) is 8.89. The summed E-state index contributed by atoms with van der Waals surface area (Å²) >= 11 is 0. The SMILES string of the molecule is CCN(Cc1cnc(C)nc1)CC(O)COc1ccccc1C(C)C. The first kappa shape index (κ1) is 19.3. The molecule has 0 amide bonds. The van der Waals surface area contributed by atoms with Crippen LogP contribution < -0.4 is 4.74 Å². The lowest BCUT2D eigenvalue weighted by molar-refractivity contribution is 0.0670. The average Bonchev–Trinajstić information content (AvgIpc) is 2.61. The molecule has 1 aromatic carbocycles. The zero-order valence-electron chi connectivity index (χ0n) is 15.6. The third-order valence-electron chi connectivity index (χ3n) is 4.13. The molecular weight excluding hydrogens is 314 g/mol. The van der Waals surface area contributed by atoms with Gasteiger partial charge in [-0.1, -0.05) is 39.0 Å². The number of aryl methyl sites for hydroxylation is 1. The zero-order chi connectivity index (χ0) is 18.2. The van der Waals surface area contributed by atoms with Crippen LogP contribution in [-0.4, -0.2) is 45.8 Å². The van der Waals surface area contributed by atoms with E-state index in [1.54, 1.807) is 0 Å². The highest BCUT2D eigenvalue weighted by molar-refractivity contribution is 5.35. The summed E-state index contributed by atoms with van der Waals surface area (Å²) in [7, 11) is 0. The molecule has 0 fully saturated rings. The summed E-state index contributed by atoms with van der Waals surface area (Å²) in [5.41, 5.74) is 2.21. The van der Waals surface area contributed by atoms with Crippen LogP contribution in [0.15, 0.2) is 36.7 Å². The summed E-state index contributed by atoms with van der Waals surface area (Å²) in [5.74, 6) is 2.01. The maximum Gasteiger partial charge on any atom is 0.125 e. The molecule has 5 nitrogen and oxygen atoms in total. The minimum absolute atomic E-state index is 0.282. The zero-order valence-corrected chi connectivity index (χ0v) is 15.6. The fourth-order valence-electron chi connectivity index (χ4n) is 2.69. The van der Waals surface area contributed by atoms with Gasteiger partial charge in [0.1, 0.15) is 24.3 Å². The Bertz CT molecular complexity index is 644. The van der Waals surface area contributed by atoms with Crippen molar-refractivity contribution < 1.29 is 9.84 Å². The van der Waals surface area contributed by atoms with Crippen molar-refractivity contribution in [2.24, 2.45) is 0 Å². The number of rotatable bonds is 9. The Kier molecular flexibility index (Phi) is 7.34. The van der Waals surface area contributed by atoms with Crippen LogP contribution in [0.1, 0.15) is 43.6 Å². The van der Waals surface area contributed by atoms with Gasteiger partial charge in [0.15, 0.2) is 0 Å². The molecule has 0 radical (unpaired) electrons. The predicted octanol–water partition coefficient (Wildman–Crippen LogP) is 3.17. The first-order chi connectivity index (χ1) is 12.0. The molecule has 1 unspecified atom stereocenters. The second-order valence-electron chi connectivity index (χ2n) is 6.62. The molecular formula is C20H29N3O2. The molecule has 5 heteroatoms. The predicted molar refractivity (Wildman–Crippen MR) is 99.8 cm³/mol. The molecule has 1 heterocycles. The number of likely N-dealkylation sites (N-methyl/N-ethyl adjacent to an activating group) is 1. The fraction of sp³-hybridized carbons (Fsp3) is 0.500. The van der Waals surface area contributed by atoms with Gasteiger partial charge in [0, 0.05) is 31.0 Å². The number of hydrogen-bond acceptors (Lipinski definition) is 5. The van der Waals surface area contributed by atoms with Crippen LogP contribution in [0.4, 0.5) is 0 Å². The highest BCUT2D eigenvalue weighted by atomic mass is 16.5. The van der Waals surface area contributed by atoms with Crippen molar-refractivity contribution in [3.05, 3.63) is 53.6 Å². The van der Waals surface area contributed by atoms with E-state index in [9.17, 15) is 5.11 Å². The van der Waals surface area contributed by atoms with Crippen LogP contribution >= 0.6 is 0 Å². The van der Waals surface area contributed by atoms with Gasteiger partial charge in [-0.3, -0.25) is 4.90 Å². The fourth-order valence-corrected chi connectivity index (χ4v) is 2.69. The van der Waals surface area contributed by atoms with Crippen molar-refractivity contribution >= 4 is 0 Å². The number of hydrogen-bond donors (Lipinski definition) is 1. The third kappa shape index (κ3) is 6.11. The smallest absolute Gasteiger partial charge is 0.125 e.